The first-order valence-corrected chi connectivity index (χ1v) is 9.05. The van der Waals surface area contributed by atoms with Crippen molar-refractivity contribution in [3.63, 3.8) is 0 Å². The van der Waals surface area contributed by atoms with Crippen molar-refractivity contribution in [3.05, 3.63) is 40.3 Å². The van der Waals surface area contributed by atoms with Gasteiger partial charge in [-0.25, -0.2) is 4.39 Å². The number of aryl methyl sites for hydroxylation is 1. The van der Waals surface area contributed by atoms with E-state index in [1.807, 2.05) is 46.1 Å². The molecule has 2 heterocycles. The SMILES string of the molecule is C=CCOCCC(=C(F)B1OC(C)(C)C(C)(C)O1)c1sccc1C. The van der Waals surface area contributed by atoms with E-state index in [-0.39, 0.29) is 5.73 Å². The molecule has 132 valence electrons. The number of ether oxygens (including phenoxy) is 1. The third kappa shape index (κ3) is 3.99. The van der Waals surface area contributed by atoms with E-state index in [1.165, 1.54) is 11.3 Å². The van der Waals surface area contributed by atoms with Crippen LogP contribution in [0.3, 0.4) is 0 Å². The Hall–Kier alpha value is -0.945. The second-order valence-electron chi connectivity index (χ2n) is 6.96. The van der Waals surface area contributed by atoms with Crippen molar-refractivity contribution in [2.75, 3.05) is 13.2 Å². The minimum atomic E-state index is -0.981. The molecular weight excluding hydrogens is 326 g/mol. The fourth-order valence-electron chi connectivity index (χ4n) is 2.45. The summed E-state index contributed by atoms with van der Waals surface area (Å²) in [7, 11) is -0.981. The molecule has 0 N–H and O–H groups in total. The maximum atomic E-state index is 15.3. The highest BCUT2D eigenvalue weighted by Gasteiger charge is 2.53. The molecule has 0 aromatic carbocycles. The van der Waals surface area contributed by atoms with E-state index in [1.54, 1.807) is 6.08 Å². The quantitative estimate of drug-likeness (QED) is 0.394. The Morgan fingerprint density at radius 3 is 2.46 bits per heavy atom. The van der Waals surface area contributed by atoms with Gasteiger partial charge in [-0.15, -0.1) is 17.9 Å². The molecule has 1 saturated heterocycles. The molecule has 1 aliphatic heterocycles. The highest BCUT2D eigenvalue weighted by atomic mass is 32.1. The van der Waals surface area contributed by atoms with Gasteiger partial charge in [0.25, 0.3) is 0 Å². The summed E-state index contributed by atoms with van der Waals surface area (Å²) in [6.45, 7) is 14.2. The van der Waals surface area contributed by atoms with Crippen LogP contribution in [0.2, 0.25) is 0 Å². The van der Waals surface area contributed by atoms with Crippen LogP contribution < -0.4 is 0 Å². The van der Waals surface area contributed by atoms with Crippen molar-refractivity contribution in [1.82, 2.24) is 0 Å². The molecule has 0 saturated carbocycles. The molecule has 6 heteroatoms. The number of thiophene rings is 1. The summed E-state index contributed by atoms with van der Waals surface area (Å²) in [5, 5.41) is 1.97. The van der Waals surface area contributed by atoms with E-state index in [9.17, 15) is 0 Å². The molecule has 0 amide bonds. The van der Waals surface area contributed by atoms with Gasteiger partial charge in [-0.05, 0) is 63.6 Å². The maximum Gasteiger partial charge on any atom is 0.525 e. The third-order valence-corrected chi connectivity index (χ3v) is 5.69. The van der Waals surface area contributed by atoms with Crippen LogP contribution >= 0.6 is 11.3 Å². The zero-order valence-corrected chi connectivity index (χ0v) is 16.0. The predicted molar refractivity (Wildman–Crippen MR) is 98.8 cm³/mol. The van der Waals surface area contributed by atoms with Crippen molar-refractivity contribution < 1.29 is 18.4 Å². The Balaban J connectivity index is 2.29. The van der Waals surface area contributed by atoms with Crippen molar-refractivity contribution in [2.45, 2.75) is 52.2 Å². The Morgan fingerprint density at radius 2 is 1.96 bits per heavy atom. The lowest BCUT2D eigenvalue weighted by Crippen LogP contribution is -2.41. The molecule has 0 aliphatic carbocycles. The van der Waals surface area contributed by atoms with Crippen molar-refractivity contribution in [3.8, 4) is 0 Å². The monoisotopic (exact) mass is 352 g/mol. The van der Waals surface area contributed by atoms with E-state index in [0.717, 1.165) is 10.4 Å². The Kier molecular flexibility index (Phi) is 6.07. The summed E-state index contributed by atoms with van der Waals surface area (Å²) in [4.78, 5) is 0.921. The number of rotatable bonds is 7. The first-order chi connectivity index (χ1) is 11.2. The minimum Gasteiger partial charge on any atom is -0.398 e. The van der Waals surface area contributed by atoms with Crippen LogP contribution in [-0.4, -0.2) is 31.5 Å². The van der Waals surface area contributed by atoms with Crippen LogP contribution in [0.25, 0.3) is 5.57 Å². The lowest BCUT2D eigenvalue weighted by atomic mass is 9.83. The first-order valence-electron chi connectivity index (χ1n) is 8.17. The van der Waals surface area contributed by atoms with Crippen LogP contribution in [0.1, 0.15) is 44.6 Å². The van der Waals surface area contributed by atoms with Gasteiger partial charge in [0.15, 0.2) is 0 Å². The average molecular weight is 352 g/mol. The van der Waals surface area contributed by atoms with E-state index in [2.05, 4.69) is 6.58 Å². The Morgan fingerprint density at radius 1 is 1.33 bits per heavy atom. The van der Waals surface area contributed by atoms with Crippen LogP contribution in [0.4, 0.5) is 4.39 Å². The smallest absolute Gasteiger partial charge is 0.398 e. The molecule has 0 spiro atoms. The summed E-state index contributed by atoms with van der Waals surface area (Å²) in [6, 6.07) is 1.99. The van der Waals surface area contributed by atoms with Gasteiger partial charge in [0.2, 0.25) is 0 Å². The fraction of sp³-hybridized carbons (Fsp3) is 0.556. The zero-order chi connectivity index (χ0) is 18.0. The molecule has 0 atom stereocenters. The molecule has 1 aromatic rings. The second-order valence-corrected chi connectivity index (χ2v) is 7.88. The number of halogens is 1. The van der Waals surface area contributed by atoms with Gasteiger partial charge in [-0.2, -0.15) is 0 Å². The van der Waals surface area contributed by atoms with Crippen LogP contribution in [0.5, 0.6) is 0 Å². The van der Waals surface area contributed by atoms with E-state index in [4.69, 9.17) is 14.0 Å². The molecule has 2 rings (SSSR count). The van der Waals surface area contributed by atoms with E-state index < -0.39 is 18.3 Å². The lowest BCUT2D eigenvalue weighted by Gasteiger charge is -2.32. The summed E-state index contributed by atoms with van der Waals surface area (Å²) in [5.41, 5.74) is 0.158. The van der Waals surface area contributed by atoms with Gasteiger partial charge >= 0.3 is 7.12 Å². The Labute approximate surface area is 148 Å². The summed E-state index contributed by atoms with van der Waals surface area (Å²) >= 11 is 1.52. The van der Waals surface area contributed by atoms with E-state index >= 15 is 4.39 Å². The minimum absolute atomic E-state index is 0.360. The molecular formula is C18H26BFO3S. The van der Waals surface area contributed by atoms with Gasteiger partial charge in [0.1, 0.15) is 5.73 Å². The fourth-order valence-corrected chi connectivity index (χ4v) is 3.46. The van der Waals surface area contributed by atoms with E-state index in [0.29, 0.717) is 25.2 Å². The summed E-state index contributed by atoms with van der Waals surface area (Å²) < 4.78 is 32.5. The largest absolute Gasteiger partial charge is 0.525 e. The topological polar surface area (TPSA) is 27.7 Å². The van der Waals surface area contributed by atoms with Gasteiger partial charge < -0.3 is 14.0 Å². The van der Waals surface area contributed by atoms with Crippen molar-refractivity contribution in [2.24, 2.45) is 0 Å². The molecule has 24 heavy (non-hydrogen) atoms. The molecule has 1 aromatic heterocycles. The van der Waals surface area contributed by atoms with Gasteiger partial charge in [-0.1, -0.05) is 6.08 Å². The second kappa shape index (κ2) is 7.52. The van der Waals surface area contributed by atoms with Crippen molar-refractivity contribution >= 4 is 24.0 Å². The summed E-state index contributed by atoms with van der Waals surface area (Å²) in [6.07, 6.45) is 2.15. The molecule has 0 unspecified atom stereocenters. The average Bonchev–Trinajstić information content (AvgIpc) is 3.00. The van der Waals surface area contributed by atoms with Gasteiger partial charge in [-0.3, -0.25) is 0 Å². The van der Waals surface area contributed by atoms with Gasteiger partial charge in [0, 0.05) is 4.88 Å². The van der Waals surface area contributed by atoms with Crippen LogP contribution in [-0.2, 0) is 14.0 Å². The molecule has 1 aliphatic rings. The van der Waals surface area contributed by atoms with Gasteiger partial charge in [0.05, 0.1) is 24.4 Å². The first kappa shape index (κ1) is 19.4. The van der Waals surface area contributed by atoms with Crippen molar-refractivity contribution in [1.29, 1.82) is 0 Å². The molecule has 0 radical (unpaired) electrons. The Bertz CT molecular complexity index is 606. The third-order valence-electron chi connectivity index (χ3n) is 4.62. The van der Waals surface area contributed by atoms with Crippen LogP contribution in [0.15, 0.2) is 29.8 Å². The normalized spacial score (nSPS) is 20.2. The molecule has 1 fully saturated rings. The van der Waals surface area contributed by atoms with Crippen LogP contribution in [0, 0.1) is 6.92 Å². The highest BCUT2D eigenvalue weighted by molar-refractivity contribution is 7.11. The predicted octanol–water partition coefficient (Wildman–Crippen LogP) is 4.96. The zero-order valence-electron chi connectivity index (χ0n) is 15.1. The molecule has 3 nitrogen and oxygen atoms in total. The highest BCUT2D eigenvalue weighted by Crippen LogP contribution is 2.41. The maximum absolute atomic E-state index is 15.3. The number of hydrogen-bond acceptors (Lipinski definition) is 4. The summed E-state index contributed by atoms with van der Waals surface area (Å²) in [5.74, 6) is 0. The molecule has 0 bridgehead atoms. The number of hydrogen-bond donors (Lipinski definition) is 0. The standard InChI is InChI=1S/C18H26BFO3S/c1-7-10-21-11-8-14(15-13(2)9-12-24-15)16(20)19-22-17(3,4)18(5,6)23-19/h7,9,12H,1,8,10-11H2,2-6H3. The lowest BCUT2D eigenvalue weighted by molar-refractivity contribution is 0.00578.